The Kier molecular flexibility index (Phi) is 5.45. The maximum atomic E-state index is 5.15. The lowest BCUT2D eigenvalue weighted by molar-refractivity contribution is 0.390. The molecule has 0 aliphatic carbocycles. The van der Waals surface area contributed by atoms with E-state index in [-0.39, 0.29) is 0 Å². The van der Waals surface area contributed by atoms with E-state index in [1.165, 1.54) is 19.3 Å². The van der Waals surface area contributed by atoms with Crippen LogP contribution in [0.2, 0.25) is 0 Å². The quantitative estimate of drug-likeness (QED) is 0.799. The van der Waals surface area contributed by atoms with E-state index in [4.69, 9.17) is 4.74 Å². The van der Waals surface area contributed by atoms with E-state index >= 15 is 0 Å². The molecular weight excluding hydrogens is 238 g/mol. The molecule has 0 saturated carbocycles. The summed E-state index contributed by atoms with van der Waals surface area (Å²) in [6, 6.07) is 4.04. The Morgan fingerprint density at radius 1 is 1.47 bits per heavy atom. The van der Waals surface area contributed by atoms with Crippen molar-refractivity contribution in [2.24, 2.45) is 5.92 Å². The molecule has 0 bridgehead atoms. The predicted molar refractivity (Wildman–Crippen MR) is 78.9 cm³/mol. The van der Waals surface area contributed by atoms with Gasteiger partial charge in [0.1, 0.15) is 11.6 Å². The fourth-order valence-electron chi connectivity index (χ4n) is 2.60. The molecule has 1 saturated heterocycles. The van der Waals surface area contributed by atoms with Crippen LogP contribution in [0.5, 0.6) is 5.75 Å². The highest BCUT2D eigenvalue weighted by Crippen LogP contribution is 2.22. The number of nitrogens with one attached hydrogen (secondary N) is 1. The topological polar surface area (TPSA) is 37.4 Å². The monoisotopic (exact) mass is 263 g/mol. The van der Waals surface area contributed by atoms with Gasteiger partial charge in [0.25, 0.3) is 0 Å². The fourth-order valence-corrected chi connectivity index (χ4v) is 2.60. The van der Waals surface area contributed by atoms with E-state index in [1.54, 1.807) is 13.3 Å². The van der Waals surface area contributed by atoms with Crippen LogP contribution in [0.3, 0.4) is 0 Å². The molecule has 106 valence electrons. The number of rotatable bonds is 6. The van der Waals surface area contributed by atoms with E-state index in [2.05, 4.69) is 28.2 Å². The van der Waals surface area contributed by atoms with Gasteiger partial charge in [-0.15, -0.1) is 0 Å². The summed E-state index contributed by atoms with van der Waals surface area (Å²) in [7, 11) is 1.67. The van der Waals surface area contributed by atoms with Crippen LogP contribution in [0.4, 0.5) is 5.82 Å². The zero-order chi connectivity index (χ0) is 13.5. The summed E-state index contributed by atoms with van der Waals surface area (Å²) in [5.41, 5.74) is 0. The van der Waals surface area contributed by atoms with Crippen LogP contribution >= 0.6 is 0 Å². The van der Waals surface area contributed by atoms with Crippen molar-refractivity contribution in [2.75, 3.05) is 38.2 Å². The Bertz CT molecular complexity index is 366. The highest BCUT2D eigenvalue weighted by atomic mass is 16.5. The molecule has 0 spiro atoms. The van der Waals surface area contributed by atoms with Crippen molar-refractivity contribution in [2.45, 2.75) is 26.2 Å². The third kappa shape index (κ3) is 4.10. The summed E-state index contributed by atoms with van der Waals surface area (Å²) >= 11 is 0. The summed E-state index contributed by atoms with van der Waals surface area (Å²) < 4.78 is 5.15. The number of hydrogen-bond donors (Lipinski definition) is 1. The van der Waals surface area contributed by atoms with Crippen LogP contribution in [0.1, 0.15) is 26.2 Å². The Morgan fingerprint density at radius 2 is 2.37 bits per heavy atom. The molecule has 1 atom stereocenters. The lowest BCUT2D eigenvalue weighted by Crippen LogP contribution is -2.40. The van der Waals surface area contributed by atoms with Crippen LogP contribution in [0.15, 0.2) is 18.3 Å². The number of ether oxygens (including phenoxy) is 1. The van der Waals surface area contributed by atoms with E-state index in [0.29, 0.717) is 0 Å². The fraction of sp³-hybridized carbons (Fsp3) is 0.667. The molecule has 1 aliphatic rings. The first-order valence-electron chi connectivity index (χ1n) is 7.29. The third-order valence-corrected chi connectivity index (χ3v) is 3.66. The maximum absolute atomic E-state index is 5.15. The van der Waals surface area contributed by atoms with Gasteiger partial charge in [0.15, 0.2) is 0 Å². The van der Waals surface area contributed by atoms with Crippen molar-refractivity contribution in [3.05, 3.63) is 18.3 Å². The molecule has 1 unspecified atom stereocenters. The van der Waals surface area contributed by atoms with Crippen molar-refractivity contribution in [3.63, 3.8) is 0 Å². The molecule has 4 heteroatoms. The van der Waals surface area contributed by atoms with Crippen molar-refractivity contribution in [3.8, 4) is 5.75 Å². The van der Waals surface area contributed by atoms with Gasteiger partial charge < -0.3 is 15.0 Å². The highest BCUT2D eigenvalue weighted by Gasteiger charge is 2.20. The van der Waals surface area contributed by atoms with Gasteiger partial charge in [-0.3, -0.25) is 0 Å². The van der Waals surface area contributed by atoms with Gasteiger partial charge in [0, 0.05) is 13.1 Å². The van der Waals surface area contributed by atoms with E-state index < -0.39 is 0 Å². The summed E-state index contributed by atoms with van der Waals surface area (Å²) in [5.74, 6) is 2.63. The molecule has 0 aromatic carbocycles. The third-order valence-electron chi connectivity index (χ3n) is 3.66. The van der Waals surface area contributed by atoms with Gasteiger partial charge in [-0.25, -0.2) is 4.98 Å². The molecule has 1 fully saturated rings. The largest absolute Gasteiger partial charge is 0.495 e. The Hall–Kier alpha value is -1.29. The smallest absolute Gasteiger partial charge is 0.137 e. The van der Waals surface area contributed by atoms with Crippen LogP contribution in [-0.2, 0) is 0 Å². The van der Waals surface area contributed by atoms with E-state index in [9.17, 15) is 0 Å². The molecule has 4 nitrogen and oxygen atoms in total. The molecule has 2 heterocycles. The molecule has 0 radical (unpaired) electrons. The minimum Gasteiger partial charge on any atom is -0.495 e. The number of anilines is 1. The number of aromatic nitrogens is 1. The van der Waals surface area contributed by atoms with Crippen molar-refractivity contribution < 1.29 is 4.74 Å². The molecule has 1 aliphatic heterocycles. The second-order valence-electron chi connectivity index (χ2n) is 5.21. The van der Waals surface area contributed by atoms with E-state index in [1.807, 2.05) is 6.07 Å². The summed E-state index contributed by atoms with van der Waals surface area (Å²) in [5, 5.41) is 3.53. The Balaban J connectivity index is 1.88. The molecule has 1 aromatic rings. The Morgan fingerprint density at radius 3 is 3.05 bits per heavy atom. The lowest BCUT2D eigenvalue weighted by Gasteiger charge is -2.33. The zero-order valence-electron chi connectivity index (χ0n) is 12.1. The van der Waals surface area contributed by atoms with Crippen LogP contribution in [0.25, 0.3) is 0 Å². The number of piperidine rings is 1. The van der Waals surface area contributed by atoms with Crippen LogP contribution in [-0.4, -0.2) is 38.3 Å². The van der Waals surface area contributed by atoms with Crippen molar-refractivity contribution in [1.82, 2.24) is 10.3 Å². The number of methoxy groups -OCH3 is 1. The molecule has 19 heavy (non-hydrogen) atoms. The maximum Gasteiger partial charge on any atom is 0.137 e. The Labute approximate surface area is 116 Å². The number of nitrogens with zero attached hydrogens (tertiary/aromatic N) is 2. The first kappa shape index (κ1) is 14.1. The van der Waals surface area contributed by atoms with Gasteiger partial charge >= 0.3 is 0 Å². The predicted octanol–water partition coefficient (Wildman–Crippen LogP) is 2.31. The highest BCUT2D eigenvalue weighted by molar-refractivity contribution is 5.41. The molecule has 1 aromatic heterocycles. The van der Waals surface area contributed by atoms with Crippen LogP contribution in [0, 0.1) is 5.92 Å². The second-order valence-corrected chi connectivity index (χ2v) is 5.21. The van der Waals surface area contributed by atoms with Crippen molar-refractivity contribution in [1.29, 1.82) is 0 Å². The lowest BCUT2D eigenvalue weighted by atomic mass is 9.98. The number of hydrogen-bond acceptors (Lipinski definition) is 4. The molecular formula is C15H25N3O. The zero-order valence-corrected chi connectivity index (χ0v) is 12.1. The molecule has 1 N–H and O–H groups in total. The average molecular weight is 263 g/mol. The van der Waals surface area contributed by atoms with Gasteiger partial charge in [-0.2, -0.15) is 0 Å². The van der Waals surface area contributed by atoms with Gasteiger partial charge in [-0.05, 0) is 50.4 Å². The van der Waals surface area contributed by atoms with Crippen LogP contribution < -0.4 is 15.0 Å². The molecule has 2 rings (SSSR count). The normalized spacial score (nSPS) is 19.5. The molecule has 0 amide bonds. The average Bonchev–Trinajstić information content (AvgIpc) is 2.48. The minimum atomic E-state index is 0.740. The SMILES string of the molecule is CCCNCC1CCCN(c2ccc(OC)cn2)C1. The summed E-state index contributed by atoms with van der Waals surface area (Å²) in [6.45, 7) is 6.68. The van der Waals surface area contributed by atoms with Gasteiger partial charge in [0.2, 0.25) is 0 Å². The van der Waals surface area contributed by atoms with Gasteiger partial charge in [-0.1, -0.05) is 6.92 Å². The summed E-state index contributed by atoms with van der Waals surface area (Å²) in [6.07, 6.45) is 5.58. The minimum absolute atomic E-state index is 0.740. The summed E-state index contributed by atoms with van der Waals surface area (Å²) in [4.78, 5) is 6.87. The second kappa shape index (κ2) is 7.34. The standard InChI is InChI=1S/C15H25N3O/c1-3-8-16-10-13-5-4-9-18(12-13)15-7-6-14(19-2)11-17-15/h6-7,11,13,16H,3-5,8-10,12H2,1-2H3. The van der Waals surface area contributed by atoms with Crippen molar-refractivity contribution >= 4 is 5.82 Å². The first-order valence-corrected chi connectivity index (χ1v) is 7.29. The first-order chi connectivity index (χ1) is 9.33. The van der Waals surface area contributed by atoms with E-state index in [0.717, 1.165) is 43.7 Å². The van der Waals surface area contributed by atoms with Gasteiger partial charge in [0.05, 0.1) is 13.3 Å². The number of pyridine rings is 1.